The summed E-state index contributed by atoms with van der Waals surface area (Å²) in [7, 11) is 0. The lowest BCUT2D eigenvalue weighted by atomic mass is 9.86. The number of halogens is 2. The third kappa shape index (κ3) is 5.27. The zero-order chi connectivity index (χ0) is 26.1. The number of aromatic hydroxyl groups is 2. The molecular weight excluding hydrogens is 493 g/mol. The van der Waals surface area contributed by atoms with E-state index in [2.05, 4.69) is 11.8 Å². The lowest BCUT2D eigenvalue weighted by molar-refractivity contribution is 0.165. The maximum Gasteiger partial charge on any atom is 0.150 e. The maximum absolute atomic E-state index is 13.0. The van der Waals surface area contributed by atoms with Gasteiger partial charge in [0.25, 0.3) is 0 Å². The molecule has 3 unspecified atom stereocenters. The fraction of sp³-hybridized carbons (Fsp3) is 0.333. The number of phenols is 2. The van der Waals surface area contributed by atoms with Crippen LogP contribution in [-0.4, -0.2) is 47.5 Å². The molecule has 2 aliphatic rings. The Bertz CT molecular complexity index is 1310. The lowest BCUT2D eigenvalue weighted by Gasteiger charge is -2.31. The van der Waals surface area contributed by atoms with E-state index in [1.165, 1.54) is 0 Å². The molecule has 0 aromatic heterocycles. The van der Waals surface area contributed by atoms with Crippen LogP contribution in [0.15, 0.2) is 60.7 Å². The Labute approximate surface area is 221 Å². The van der Waals surface area contributed by atoms with Gasteiger partial charge in [0, 0.05) is 29.6 Å². The molecule has 0 aliphatic carbocycles. The number of fused-ring (bicyclic) bond motifs is 1. The number of hydrogen-bond acceptors (Lipinski definition) is 5. The number of likely N-dealkylation sites (tertiary alicyclic amines) is 1. The zero-order valence-electron chi connectivity index (χ0n) is 21.0. The van der Waals surface area contributed by atoms with Gasteiger partial charge in [-0.3, -0.25) is 9.29 Å². The van der Waals surface area contributed by atoms with Crippen LogP contribution in [0.5, 0.6) is 23.0 Å². The number of phenolic OH excluding ortho intramolecular Hbond substituents is 2. The van der Waals surface area contributed by atoms with Gasteiger partial charge in [0.2, 0.25) is 0 Å². The monoisotopic (exact) mass is 523 g/mol. The van der Waals surface area contributed by atoms with Crippen molar-refractivity contribution >= 4 is 22.7 Å². The van der Waals surface area contributed by atoms with Gasteiger partial charge in [0.1, 0.15) is 35.7 Å². The highest BCUT2D eigenvalue weighted by Crippen LogP contribution is 2.48. The van der Waals surface area contributed by atoms with Crippen molar-refractivity contribution in [3.63, 3.8) is 0 Å². The summed E-state index contributed by atoms with van der Waals surface area (Å²) >= 11 is 6.07. The van der Waals surface area contributed by atoms with Crippen LogP contribution in [0, 0.1) is 5.92 Å². The van der Waals surface area contributed by atoms with Crippen molar-refractivity contribution < 1.29 is 24.1 Å². The average Bonchev–Trinajstić information content (AvgIpc) is 3.39. The summed E-state index contributed by atoms with van der Waals surface area (Å²) in [6, 6.07) is 18.2. The number of hydrogen-bond donors (Lipinski definition) is 2. The fourth-order valence-corrected chi connectivity index (χ4v) is 5.29. The van der Waals surface area contributed by atoms with Crippen LogP contribution in [-0.2, 0) is 0 Å². The van der Waals surface area contributed by atoms with E-state index in [9.17, 15) is 14.6 Å². The van der Waals surface area contributed by atoms with Crippen LogP contribution in [0.1, 0.15) is 43.1 Å². The molecule has 2 aliphatic heterocycles. The van der Waals surface area contributed by atoms with E-state index in [1.807, 2.05) is 37.3 Å². The summed E-state index contributed by atoms with van der Waals surface area (Å²) in [5.74, 6) is 1.72. The molecule has 2 N–H and O–H groups in total. The minimum atomic E-state index is -0.437. The van der Waals surface area contributed by atoms with Gasteiger partial charge in [-0.1, -0.05) is 29.8 Å². The first-order valence-corrected chi connectivity index (χ1v) is 12.9. The third-order valence-electron chi connectivity index (χ3n) is 7.37. The molecule has 2 heterocycles. The summed E-state index contributed by atoms with van der Waals surface area (Å²) in [4.78, 5) is 2.28. The van der Waals surface area contributed by atoms with E-state index < -0.39 is 6.10 Å². The minimum absolute atomic E-state index is 0.00590. The quantitative estimate of drug-likeness (QED) is 0.353. The molecule has 5 rings (SSSR count). The van der Waals surface area contributed by atoms with Crippen LogP contribution in [0.2, 0.25) is 5.02 Å². The molecule has 0 radical (unpaired) electrons. The van der Waals surface area contributed by atoms with Crippen molar-refractivity contribution in [1.29, 1.82) is 0 Å². The predicted octanol–water partition coefficient (Wildman–Crippen LogP) is 6.87. The summed E-state index contributed by atoms with van der Waals surface area (Å²) in [6.07, 6.45) is 0.466. The van der Waals surface area contributed by atoms with E-state index in [4.69, 9.17) is 21.1 Å². The highest BCUT2D eigenvalue weighted by Gasteiger charge is 2.30. The number of alkyl halides is 1. The second kappa shape index (κ2) is 10.6. The first-order valence-electron chi connectivity index (χ1n) is 12.6. The Balaban J connectivity index is 1.39. The summed E-state index contributed by atoms with van der Waals surface area (Å²) in [5.41, 5.74) is 4.32. The fourth-order valence-electron chi connectivity index (χ4n) is 5.17. The normalized spacial score (nSPS) is 20.4. The average molecular weight is 524 g/mol. The van der Waals surface area contributed by atoms with Crippen LogP contribution >= 0.6 is 11.6 Å². The van der Waals surface area contributed by atoms with E-state index in [0.717, 1.165) is 53.1 Å². The first-order chi connectivity index (χ1) is 17.8. The van der Waals surface area contributed by atoms with Crippen molar-refractivity contribution in [3.05, 3.63) is 82.4 Å². The van der Waals surface area contributed by atoms with Gasteiger partial charge in [0.15, 0.2) is 0 Å². The van der Waals surface area contributed by atoms with Crippen LogP contribution in [0.3, 0.4) is 0 Å². The van der Waals surface area contributed by atoms with Gasteiger partial charge in [-0.15, -0.1) is 0 Å². The van der Waals surface area contributed by atoms with Crippen LogP contribution < -0.4 is 9.47 Å². The second-order valence-electron chi connectivity index (χ2n) is 9.92. The van der Waals surface area contributed by atoms with E-state index in [-0.39, 0.29) is 35.2 Å². The molecule has 0 bridgehead atoms. The van der Waals surface area contributed by atoms with E-state index in [1.54, 1.807) is 30.3 Å². The molecule has 7 heteroatoms. The molecule has 0 amide bonds. The molecule has 37 heavy (non-hydrogen) atoms. The molecule has 1 saturated heterocycles. The minimum Gasteiger partial charge on any atom is -0.508 e. The largest absolute Gasteiger partial charge is 0.508 e. The second-order valence-corrected chi connectivity index (χ2v) is 10.3. The zero-order valence-corrected chi connectivity index (χ0v) is 21.7. The Morgan fingerprint density at radius 1 is 1.11 bits per heavy atom. The van der Waals surface area contributed by atoms with Gasteiger partial charge in [-0.05, 0) is 86.0 Å². The molecule has 194 valence electrons. The summed E-state index contributed by atoms with van der Waals surface area (Å²) < 4.78 is 25.5. The number of benzene rings is 3. The predicted molar refractivity (Wildman–Crippen MR) is 144 cm³/mol. The van der Waals surface area contributed by atoms with Gasteiger partial charge in [-0.25, -0.2) is 0 Å². The molecular formula is C30H31ClFNO4. The molecule has 0 saturated carbocycles. The molecule has 3 aromatic rings. The van der Waals surface area contributed by atoms with Gasteiger partial charge >= 0.3 is 0 Å². The topological polar surface area (TPSA) is 62.2 Å². The first kappa shape index (κ1) is 25.4. The number of nitrogens with zero attached hydrogens (tertiary/aromatic N) is 1. The van der Waals surface area contributed by atoms with E-state index in [0.29, 0.717) is 12.4 Å². The smallest absolute Gasteiger partial charge is 0.150 e. The third-order valence-corrected chi connectivity index (χ3v) is 7.69. The Kier molecular flexibility index (Phi) is 7.31. The van der Waals surface area contributed by atoms with Gasteiger partial charge < -0.3 is 19.7 Å². The maximum atomic E-state index is 13.0. The number of allylic oxidation sites excluding steroid dienone is 1. The van der Waals surface area contributed by atoms with Crippen molar-refractivity contribution in [3.8, 4) is 23.0 Å². The standard InChI is InChI=1S/C30H31ClFNO4/c1-18(33-12-11-20(15-32)16-33)17-36-24-7-3-21(4-8-24)30-29(22-5-9-26(31)27(35)13-22)19(2)25-14-23(34)6-10-28(25)37-30/h3-10,13-14,18,20,30,34-35H,11-12,15-17H2,1-2H3. The van der Waals surface area contributed by atoms with Crippen molar-refractivity contribution in [2.24, 2.45) is 5.92 Å². The Morgan fingerprint density at radius 3 is 2.59 bits per heavy atom. The molecule has 0 spiro atoms. The highest BCUT2D eigenvalue weighted by molar-refractivity contribution is 6.32. The highest BCUT2D eigenvalue weighted by atomic mass is 35.5. The van der Waals surface area contributed by atoms with Crippen molar-refractivity contribution in [1.82, 2.24) is 4.90 Å². The van der Waals surface area contributed by atoms with Crippen molar-refractivity contribution in [2.75, 3.05) is 26.4 Å². The lowest BCUT2D eigenvalue weighted by Crippen LogP contribution is -2.35. The Morgan fingerprint density at radius 2 is 1.89 bits per heavy atom. The number of rotatable bonds is 7. The van der Waals surface area contributed by atoms with Gasteiger partial charge in [-0.2, -0.15) is 0 Å². The SMILES string of the molecule is CC1=C(c2ccc(Cl)c(O)c2)C(c2ccc(OCC(C)N3CCC(CF)C3)cc2)Oc2ccc(O)cc21. The van der Waals surface area contributed by atoms with Crippen LogP contribution in [0.4, 0.5) is 4.39 Å². The Hall–Kier alpha value is -3.22. The summed E-state index contributed by atoms with van der Waals surface area (Å²) in [6.45, 7) is 6.06. The van der Waals surface area contributed by atoms with E-state index >= 15 is 0 Å². The van der Waals surface area contributed by atoms with Gasteiger partial charge in [0.05, 0.1) is 11.7 Å². The van der Waals surface area contributed by atoms with Crippen molar-refractivity contribution in [2.45, 2.75) is 32.4 Å². The molecule has 3 atom stereocenters. The molecule has 5 nitrogen and oxygen atoms in total. The van der Waals surface area contributed by atoms with Crippen LogP contribution in [0.25, 0.3) is 11.1 Å². The summed E-state index contributed by atoms with van der Waals surface area (Å²) in [5, 5.41) is 20.6. The molecule has 1 fully saturated rings. The molecule has 3 aromatic carbocycles. The number of ether oxygens (including phenoxy) is 2.